The molecule has 0 radical (unpaired) electrons. The van der Waals surface area contributed by atoms with Gasteiger partial charge in [0.2, 0.25) is 0 Å². The zero-order valence-corrected chi connectivity index (χ0v) is 23.0. The number of aromatic nitrogens is 3. The van der Waals surface area contributed by atoms with Crippen LogP contribution in [-0.4, -0.2) is 38.6 Å². The van der Waals surface area contributed by atoms with Gasteiger partial charge in [0, 0.05) is 42.1 Å². The molecule has 6 rings (SSSR count). The molecule has 0 atom stereocenters. The molecule has 3 aromatic carbocycles. The molecule has 9 heteroatoms. The van der Waals surface area contributed by atoms with Crippen molar-refractivity contribution in [1.82, 2.24) is 14.3 Å². The van der Waals surface area contributed by atoms with Crippen LogP contribution in [0.5, 0.6) is 5.75 Å². The van der Waals surface area contributed by atoms with Crippen LogP contribution in [0.2, 0.25) is 0 Å². The van der Waals surface area contributed by atoms with Gasteiger partial charge in [-0.25, -0.2) is 13.6 Å². The molecule has 0 unspecified atom stereocenters. The number of carboxylic acids is 1. The molecular weight excluding hydrogens is 528 g/mol. The summed E-state index contributed by atoms with van der Waals surface area (Å²) in [5.41, 5.74) is 3.84. The number of benzene rings is 3. The number of fused-ring (bicyclic) bond motifs is 3. The Morgan fingerprint density at radius 2 is 1.93 bits per heavy atom. The van der Waals surface area contributed by atoms with Gasteiger partial charge in [-0.3, -0.25) is 4.68 Å². The highest BCUT2D eigenvalue weighted by molar-refractivity contribution is 6.04. The smallest absolute Gasteiger partial charge is 0.352 e. The van der Waals surface area contributed by atoms with Crippen LogP contribution in [0.1, 0.15) is 46.7 Å². The minimum Gasteiger partial charge on any atom is -0.493 e. The van der Waals surface area contributed by atoms with E-state index in [1.165, 1.54) is 18.2 Å². The fourth-order valence-corrected chi connectivity index (χ4v) is 6.07. The van der Waals surface area contributed by atoms with E-state index < -0.39 is 11.8 Å². The fraction of sp³-hybridized carbons (Fsp3) is 0.312. The van der Waals surface area contributed by atoms with E-state index in [0.717, 1.165) is 22.9 Å². The van der Waals surface area contributed by atoms with Crippen molar-refractivity contribution in [3.05, 3.63) is 82.8 Å². The zero-order valence-electron chi connectivity index (χ0n) is 23.0. The summed E-state index contributed by atoms with van der Waals surface area (Å²) in [5, 5.41) is 17.2. The van der Waals surface area contributed by atoms with Crippen molar-refractivity contribution < 1.29 is 28.2 Å². The fourth-order valence-electron chi connectivity index (χ4n) is 6.07. The summed E-state index contributed by atoms with van der Waals surface area (Å²) in [6.07, 6.45) is 2.40. The maximum atomic E-state index is 15.8. The molecule has 212 valence electrons. The predicted octanol–water partition coefficient (Wildman–Crippen LogP) is 6.80. The lowest BCUT2D eigenvalue weighted by Crippen LogP contribution is -2.12. The van der Waals surface area contributed by atoms with Gasteiger partial charge in [0.25, 0.3) is 0 Å². The largest absolute Gasteiger partial charge is 0.493 e. The molecule has 0 saturated heterocycles. The molecule has 0 aliphatic carbocycles. The van der Waals surface area contributed by atoms with Crippen LogP contribution >= 0.6 is 0 Å². The first-order chi connectivity index (χ1) is 19.8. The highest BCUT2D eigenvalue weighted by atomic mass is 19.1. The van der Waals surface area contributed by atoms with Gasteiger partial charge in [0.15, 0.2) is 0 Å². The molecule has 0 spiro atoms. The second-order valence-electron chi connectivity index (χ2n) is 10.5. The van der Waals surface area contributed by atoms with Gasteiger partial charge in [0.05, 0.1) is 30.1 Å². The van der Waals surface area contributed by atoms with Crippen LogP contribution in [-0.2, 0) is 31.4 Å². The minimum atomic E-state index is -1.05. The number of ether oxygens (including phenoxy) is 2. The Bertz CT molecular complexity index is 1790. The van der Waals surface area contributed by atoms with Crippen LogP contribution in [0.15, 0.2) is 48.5 Å². The predicted molar refractivity (Wildman–Crippen MR) is 152 cm³/mol. The summed E-state index contributed by atoms with van der Waals surface area (Å²) < 4.78 is 44.9. The van der Waals surface area contributed by atoms with Crippen LogP contribution in [0.4, 0.5) is 8.78 Å². The second kappa shape index (κ2) is 11.0. The lowest BCUT2D eigenvalue weighted by molar-refractivity contribution is 0.0683. The SMILES string of the molecule is Cc1nn(C)c2c1-c1c(F)ccc3c(CCCOc4cccc5cc(F)ccc45)c(C(=O)O)n(c13)CCCCOC2. The molecule has 3 heterocycles. The van der Waals surface area contributed by atoms with Crippen molar-refractivity contribution in [2.24, 2.45) is 7.05 Å². The first-order valence-corrected chi connectivity index (χ1v) is 13.8. The second-order valence-corrected chi connectivity index (χ2v) is 10.5. The summed E-state index contributed by atoms with van der Waals surface area (Å²) >= 11 is 0. The van der Waals surface area contributed by atoms with Crippen LogP contribution in [0.25, 0.3) is 32.8 Å². The summed E-state index contributed by atoms with van der Waals surface area (Å²) in [4.78, 5) is 12.7. The van der Waals surface area contributed by atoms with Crippen molar-refractivity contribution in [3.63, 3.8) is 0 Å². The summed E-state index contributed by atoms with van der Waals surface area (Å²) in [5.74, 6) is -1.14. The van der Waals surface area contributed by atoms with Crippen molar-refractivity contribution in [2.75, 3.05) is 13.2 Å². The molecule has 1 N–H and O–H groups in total. The molecule has 1 aliphatic heterocycles. The van der Waals surface area contributed by atoms with Gasteiger partial charge in [-0.2, -0.15) is 5.10 Å². The average molecular weight is 560 g/mol. The summed E-state index contributed by atoms with van der Waals surface area (Å²) in [6.45, 7) is 3.40. The van der Waals surface area contributed by atoms with E-state index in [1.807, 2.05) is 32.2 Å². The number of aryl methyl sites for hydroxylation is 4. The Labute approximate surface area is 235 Å². The molecule has 0 bridgehead atoms. The molecular formula is C32H31F2N3O4. The molecule has 2 aromatic heterocycles. The van der Waals surface area contributed by atoms with E-state index in [4.69, 9.17) is 9.47 Å². The number of aromatic carboxylic acids is 1. The number of nitrogens with zero attached hydrogens (tertiary/aromatic N) is 3. The van der Waals surface area contributed by atoms with Crippen LogP contribution in [0, 0.1) is 18.6 Å². The Kier molecular flexibility index (Phi) is 7.21. The number of carboxylic acid groups (broad SMARTS) is 1. The Balaban J connectivity index is 1.41. The zero-order chi connectivity index (χ0) is 28.7. The average Bonchev–Trinajstić information content (AvgIpc) is 3.39. The Morgan fingerprint density at radius 3 is 2.76 bits per heavy atom. The highest BCUT2D eigenvalue weighted by Crippen LogP contribution is 2.40. The first kappa shape index (κ1) is 27.0. The van der Waals surface area contributed by atoms with Gasteiger partial charge in [-0.1, -0.05) is 12.1 Å². The maximum Gasteiger partial charge on any atom is 0.352 e. The van der Waals surface area contributed by atoms with Crippen molar-refractivity contribution in [2.45, 2.75) is 45.8 Å². The maximum absolute atomic E-state index is 15.8. The van der Waals surface area contributed by atoms with Gasteiger partial charge in [-0.05, 0) is 80.0 Å². The third-order valence-electron chi connectivity index (χ3n) is 7.86. The van der Waals surface area contributed by atoms with Crippen molar-refractivity contribution in [1.29, 1.82) is 0 Å². The van der Waals surface area contributed by atoms with Crippen molar-refractivity contribution >= 4 is 27.6 Å². The topological polar surface area (TPSA) is 78.5 Å². The monoisotopic (exact) mass is 559 g/mol. The van der Waals surface area contributed by atoms with E-state index in [2.05, 4.69) is 5.10 Å². The van der Waals surface area contributed by atoms with E-state index in [-0.39, 0.29) is 11.5 Å². The molecule has 5 aromatic rings. The third-order valence-corrected chi connectivity index (χ3v) is 7.86. The molecule has 0 amide bonds. The van der Waals surface area contributed by atoms with Gasteiger partial charge < -0.3 is 19.1 Å². The standard InChI is InChI=1S/C32H31F2N3O4/c1-19-28-26(36(2)35-19)18-40-15-4-3-14-37-30-24(12-13-25(34)29(28)30)23(31(37)32(38)39)8-6-16-41-27-9-5-7-20-17-21(33)10-11-22(20)27/h5,7,9-13,17H,3-4,6,8,14-16,18H2,1-2H3,(H,38,39). The number of carbonyl (C=O) groups is 1. The van der Waals surface area contributed by atoms with Gasteiger partial charge in [0.1, 0.15) is 23.1 Å². The van der Waals surface area contributed by atoms with Crippen LogP contribution < -0.4 is 4.74 Å². The quantitative estimate of drug-likeness (QED) is 0.232. The Hall–Kier alpha value is -4.24. The highest BCUT2D eigenvalue weighted by Gasteiger charge is 2.29. The van der Waals surface area contributed by atoms with Gasteiger partial charge in [-0.15, -0.1) is 0 Å². The molecule has 1 aliphatic rings. The van der Waals surface area contributed by atoms with E-state index in [0.29, 0.717) is 84.7 Å². The number of halogens is 2. The number of hydrogen-bond donors (Lipinski definition) is 1. The molecule has 0 fully saturated rings. The van der Waals surface area contributed by atoms with Gasteiger partial charge >= 0.3 is 5.97 Å². The normalized spacial score (nSPS) is 13.8. The van der Waals surface area contributed by atoms with E-state index >= 15 is 4.39 Å². The van der Waals surface area contributed by atoms with Crippen molar-refractivity contribution in [3.8, 4) is 16.9 Å². The lowest BCUT2D eigenvalue weighted by Gasteiger charge is -2.13. The first-order valence-electron chi connectivity index (χ1n) is 13.8. The third kappa shape index (κ3) is 4.84. The molecule has 7 nitrogen and oxygen atoms in total. The van der Waals surface area contributed by atoms with Crippen LogP contribution in [0.3, 0.4) is 0 Å². The Morgan fingerprint density at radius 1 is 1.10 bits per heavy atom. The summed E-state index contributed by atoms with van der Waals surface area (Å²) in [7, 11) is 1.81. The summed E-state index contributed by atoms with van der Waals surface area (Å²) in [6, 6.07) is 13.2. The number of hydrogen-bond acceptors (Lipinski definition) is 4. The minimum absolute atomic E-state index is 0.177. The molecule has 0 saturated carbocycles. The molecule has 41 heavy (non-hydrogen) atoms. The van der Waals surface area contributed by atoms with E-state index in [1.54, 1.807) is 21.4 Å². The van der Waals surface area contributed by atoms with E-state index in [9.17, 15) is 14.3 Å². The lowest BCUT2D eigenvalue weighted by atomic mass is 9.97. The number of rotatable bonds is 6.